The maximum atomic E-state index is 10.4. The third-order valence-corrected chi connectivity index (χ3v) is 3.42. The van der Waals surface area contributed by atoms with Gasteiger partial charge in [0.25, 0.3) is 0 Å². The maximum absolute atomic E-state index is 10.4. The highest BCUT2D eigenvalue weighted by atomic mass is 16.5. The van der Waals surface area contributed by atoms with E-state index in [0.717, 1.165) is 23.3 Å². The lowest BCUT2D eigenvalue weighted by atomic mass is 9.89. The Balaban J connectivity index is 1.79. The summed E-state index contributed by atoms with van der Waals surface area (Å²) in [6.45, 7) is 0.549. The molecule has 0 aliphatic carbocycles. The monoisotopic (exact) mass is 244 g/mol. The standard InChI is InChI=1S/C14H16N2O2/c1-16-8-12(7-15-16)14(17)11-6-10-4-2-3-5-13(10)18-9-11/h2-5,7-8,11,14,17H,6,9H2,1H3. The van der Waals surface area contributed by atoms with Crippen LogP contribution in [0.1, 0.15) is 17.2 Å². The van der Waals surface area contributed by atoms with E-state index in [-0.39, 0.29) is 5.92 Å². The third-order valence-electron chi connectivity index (χ3n) is 3.42. The van der Waals surface area contributed by atoms with Crippen LogP contribution >= 0.6 is 0 Å². The Labute approximate surface area is 106 Å². The van der Waals surface area contributed by atoms with Crippen molar-refractivity contribution in [2.24, 2.45) is 13.0 Å². The molecule has 18 heavy (non-hydrogen) atoms. The summed E-state index contributed by atoms with van der Waals surface area (Å²) in [4.78, 5) is 0. The first-order chi connectivity index (χ1) is 8.74. The molecule has 0 radical (unpaired) electrons. The van der Waals surface area contributed by atoms with Gasteiger partial charge >= 0.3 is 0 Å². The molecule has 2 atom stereocenters. The Kier molecular flexibility index (Phi) is 2.80. The number of aryl methyl sites for hydroxylation is 1. The Hall–Kier alpha value is -1.81. The summed E-state index contributed by atoms with van der Waals surface area (Å²) in [5.41, 5.74) is 2.02. The summed E-state index contributed by atoms with van der Waals surface area (Å²) in [5, 5.41) is 14.4. The molecule has 1 aliphatic rings. The zero-order valence-electron chi connectivity index (χ0n) is 10.3. The van der Waals surface area contributed by atoms with Gasteiger partial charge in [-0.05, 0) is 18.1 Å². The second-order valence-corrected chi connectivity index (χ2v) is 4.78. The molecule has 1 aromatic heterocycles. The van der Waals surface area contributed by atoms with Gasteiger partial charge in [0.15, 0.2) is 0 Å². The summed E-state index contributed by atoms with van der Waals surface area (Å²) in [6.07, 6.45) is 3.88. The predicted octanol–water partition coefficient (Wildman–Crippen LogP) is 1.70. The van der Waals surface area contributed by atoms with Crippen molar-refractivity contribution in [3.8, 4) is 5.75 Å². The minimum absolute atomic E-state index is 0.0871. The van der Waals surface area contributed by atoms with Crippen molar-refractivity contribution in [1.29, 1.82) is 0 Å². The first kappa shape index (κ1) is 11.3. The van der Waals surface area contributed by atoms with Crippen LogP contribution in [0.5, 0.6) is 5.75 Å². The zero-order valence-corrected chi connectivity index (χ0v) is 10.3. The molecule has 3 rings (SSSR count). The van der Waals surface area contributed by atoms with Crippen molar-refractivity contribution < 1.29 is 9.84 Å². The summed E-state index contributed by atoms with van der Waals surface area (Å²) >= 11 is 0. The highest BCUT2D eigenvalue weighted by molar-refractivity contribution is 5.35. The lowest BCUT2D eigenvalue weighted by molar-refractivity contribution is 0.0644. The maximum Gasteiger partial charge on any atom is 0.122 e. The van der Waals surface area contributed by atoms with E-state index >= 15 is 0 Å². The van der Waals surface area contributed by atoms with E-state index < -0.39 is 6.10 Å². The van der Waals surface area contributed by atoms with Crippen molar-refractivity contribution >= 4 is 0 Å². The summed E-state index contributed by atoms with van der Waals surface area (Å²) in [6, 6.07) is 8.00. The van der Waals surface area contributed by atoms with Gasteiger partial charge in [-0.1, -0.05) is 18.2 Å². The van der Waals surface area contributed by atoms with Gasteiger partial charge in [0.05, 0.1) is 18.9 Å². The van der Waals surface area contributed by atoms with Crippen LogP contribution in [0.2, 0.25) is 0 Å². The zero-order chi connectivity index (χ0) is 12.5. The molecule has 0 saturated carbocycles. The van der Waals surface area contributed by atoms with Crippen molar-refractivity contribution in [2.45, 2.75) is 12.5 Å². The van der Waals surface area contributed by atoms with Gasteiger partial charge in [-0.25, -0.2) is 0 Å². The molecule has 0 bridgehead atoms. The number of rotatable bonds is 2. The van der Waals surface area contributed by atoms with Gasteiger partial charge in [0.1, 0.15) is 5.75 Å². The third kappa shape index (κ3) is 1.99. The molecule has 4 nitrogen and oxygen atoms in total. The molecule has 2 heterocycles. The van der Waals surface area contributed by atoms with Crippen molar-refractivity contribution in [3.05, 3.63) is 47.8 Å². The molecule has 0 saturated heterocycles. The van der Waals surface area contributed by atoms with Crippen molar-refractivity contribution in [1.82, 2.24) is 9.78 Å². The van der Waals surface area contributed by atoms with Crippen LogP contribution in [-0.4, -0.2) is 21.5 Å². The van der Waals surface area contributed by atoms with E-state index in [1.54, 1.807) is 10.9 Å². The number of ether oxygens (including phenoxy) is 1. The van der Waals surface area contributed by atoms with Crippen LogP contribution in [0.25, 0.3) is 0 Å². The molecule has 2 aromatic rings. The average molecular weight is 244 g/mol. The SMILES string of the molecule is Cn1cc(C(O)C2COc3ccccc3C2)cn1. The first-order valence-electron chi connectivity index (χ1n) is 6.11. The molecule has 0 spiro atoms. The first-order valence-corrected chi connectivity index (χ1v) is 6.11. The Bertz CT molecular complexity index is 550. The van der Waals surface area contributed by atoms with Crippen molar-refractivity contribution in [2.75, 3.05) is 6.61 Å². The van der Waals surface area contributed by atoms with Crippen LogP contribution in [0.4, 0.5) is 0 Å². The minimum Gasteiger partial charge on any atom is -0.493 e. The smallest absolute Gasteiger partial charge is 0.122 e. The topological polar surface area (TPSA) is 47.3 Å². The number of hydrogen-bond acceptors (Lipinski definition) is 3. The summed E-state index contributed by atoms with van der Waals surface area (Å²) < 4.78 is 7.40. The lowest BCUT2D eigenvalue weighted by Crippen LogP contribution is -2.26. The Morgan fingerprint density at radius 1 is 1.44 bits per heavy atom. The van der Waals surface area contributed by atoms with Crippen LogP contribution < -0.4 is 4.74 Å². The van der Waals surface area contributed by atoms with Gasteiger partial charge in [-0.3, -0.25) is 4.68 Å². The number of nitrogens with zero attached hydrogens (tertiary/aromatic N) is 2. The molecular weight excluding hydrogens is 228 g/mol. The predicted molar refractivity (Wildman–Crippen MR) is 67.3 cm³/mol. The van der Waals surface area contributed by atoms with Gasteiger partial charge in [-0.15, -0.1) is 0 Å². The van der Waals surface area contributed by atoms with Crippen LogP contribution in [-0.2, 0) is 13.5 Å². The molecule has 1 aromatic carbocycles. The number of hydrogen-bond donors (Lipinski definition) is 1. The lowest BCUT2D eigenvalue weighted by Gasteiger charge is -2.28. The molecule has 1 N–H and O–H groups in total. The van der Waals surface area contributed by atoms with Crippen LogP contribution in [0, 0.1) is 5.92 Å². The summed E-state index contributed by atoms with van der Waals surface area (Å²) in [5.74, 6) is 1.02. The van der Waals surface area contributed by atoms with E-state index in [4.69, 9.17) is 4.74 Å². The second kappa shape index (κ2) is 4.46. The molecule has 0 fully saturated rings. The number of fused-ring (bicyclic) bond motifs is 1. The van der Waals surface area contributed by atoms with E-state index in [0.29, 0.717) is 6.61 Å². The fourth-order valence-corrected chi connectivity index (χ4v) is 2.42. The molecular formula is C14H16N2O2. The van der Waals surface area contributed by atoms with E-state index in [9.17, 15) is 5.11 Å². The fraction of sp³-hybridized carbons (Fsp3) is 0.357. The quantitative estimate of drug-likeness (QED) is 0.874. The number of aliphatic hydroxyl groups is 1. The van der Waals surface area contributed by atoms with Crippen LogP contribution in [0.15, 0.2) is 36.7 Å². The van der Waals surface area contributed by atoms with Crippen LogP contribution in [0.3, 0.4) is 0 Å². The van der Waals surface area contributed by atoms with E-state index in [1.807, 2.05) is 31.4 Å². The molecule has 2 unspecified atom stereocenters. The van der Waals surface area contributed by atoms with E-state index in [2.05, 4.69) is 11.2 Å². The summed E-state index contributed by atoms with van der Waals surface area (Å²) in [7, 11) is 1.85. The largest absolute Gasteiger partial charge is 0.493 e. The highest BCUT2D eigenvalue weighted by Crippen LogP contribution is 2.33. The van der Waals surface area contributed by atoms with Gasteiger partial charge in [-0.2, -0.15) is 5.10 Å². The average Bonchev–Trinajstić information content (AvgIpc) is 2.84. The highest BCUT2D eigenvalue weighted by Gasteiger charge is 2.27. The fourth-order valence-electron chi connectivity index (χ4n) is 2.42. The molecule has 0 amide bonds. The van der Waals surface area contributed by atoms with Gasteiger partial charge < -0.3 is 9.84 Å². The molecule has 1 aliphatic heterocycles. The second-order valence-electron chi connectivity index (χ2n) is 4.78. The Morgan fingerprint density at radius 2 is 2.28 bits per heavy atom. The van der Waals surface area contributed by atoms with Gasteiger partial charge in [0, 0.05) is 24.7 Å². The Morgan fingerprint density at radius 3 is 3.06 bits per heavy atom. The molecule has 94 valence electrons. The number of benzene rings is 1. The van der Waals surface area contributed by atoms with E-state index in [1.165, 1.54) is 0 Å². The minimum atomic E-state index is -0.521. The number of para-hydroxylation sites is 1. The number of aromatic nitrogens is 2. The van der Waals surface area contributed by atoms with Gasteiger partial charge in [0.2, 0.25) is 0 Å². The normalized spacial score (nSPS) is 20.0. The number of aliphatic hydroxyl groups excluding tert-OH is 1. The molecule has 4 heteroatoms. The van der Waals surface area contributed by atoms with Crippen molar-refractivity contribution in [3.63, 3.8) is 0 Å².